The summed E-state index contributed by atoms with van der Waals surface area (Å²) < 4.78 is 6.76. The Labute approximate surface area is 440 Å². The number of rotatable bonds is 5. The van der Waals surface area contributed by atoms with Gasteiger partial charge in [0.25, 0.3) is 0 Å². The first kappa shape index (κ1) is 42.4. The summed E-state index contributed by atoms with van der Waals surface area (Å²) in [6, 6.07) is 101. The molecule has 16 rings (SSSR count). The van der Waals surface area contributed by atoms with E-state index in [1.54, 1.807) is 0 Å². The predicted molar refractivity (Wildman–Crippen MR) is 308 cm³/mol. The second-order valence-corrected chi connectivity index (χ2v) is 21.3. The van der Waals surface area contributed by atoms with Crippen molar-refractivity contribution in [1.29, 1.82) is 0 Å². The summed E-state index contributed by atoms with van der Waals surface area (Å²) in [4.78, 5) is 5.13. The summed E-state index contributed by atoms with van der Waals surface area (Å²) in [6.07, 6.45) is 0. The molecule has 1 atom stereocenters. The van der Waals surface area contributed by atoms with Crippen LogP contribution in [0.1, 0.15) is 44.5 Å². The van der Waals surface area contributed by atoms with Crippen molar-refractivity contribution in [3.8, 4) is 56.0 Å². The number of hydrogen-bond acceptors (Lipinski definition) is 3. The predicted octanol–water partition coefficient (Wildman–Crippen LogP) is 18.9. The Kier molecular flexibility index (Phi) is 9.14. The fraction of sp³-hybridized carbons (Fsp3) is 0.0278. The zero-order valence-corrected chi connectivity index (χ0v) is 41.6. The highest BCUT2D eigenvalue weighted by molar-refractivity contribution is 7.99. The van der Waals surface area contributed by atoms with Gasteiger partial charge in [0.15, 0.2) is 0 Å². The van der Waals surface area contributed by atoms with E-state index < -0.39 is 10.8 Å². The lowest BCUT2D eigenvalue weighted by Crippen LogP contribution is -2.32. The van der Waals surface area contributed by atoms with Crippen LogP contribution in [-0.4, -0.2) is 0 Å². The van der Waals surface area contributed by atoms with Crippen LogP contribution in [0.15, 0.2) is 283 Å². The van der Waals surface area contributed by atoms with Crippen LogP contribution < -0.4 is 9.64 Å². The summed E-state index contributed by atoms with van der Waals surface area (Å²) in [6.45, 7) is 0. The van der Waals surface area contributed by atoms with Gasteiger partial charge in [-0.25, -0.2) is 0 Å². The molecule has 0 saturated heterocycles. The molecule has 0 radical (unpaired) electrons. The maximum absolute atomic E-state index is 6.76. The molecular weight excluding hydrogens is 927 g/mol. The van der Waals surface area contributed by atoms with Crippen LogP contribution in [0.5, 0.6) is 11.5 Å². The van der Waals surface area contributed by atoms with Gasteiger partial charge in [-0.1, -0.05) is 224 Å². The standard InChI is InChI=1S/C72H45NOS/c1-2-17-46(18-3-1)47-33-35-48(36-34-47)49-37-39-52(40-38-49)73(65-29-16-28-63-70(65)55-22-7-9-24-58(55)72(63)60-25-10-13-30-66(60)74-67-31-14-11-26-61(67)72)53-41-42-59-56(45-53)54-21-6-8-23-57(54)71(59)62-27-12-15-32-68(62)75-69-44-51-20-5-4-19-50(51)43-64(69)71/h1-45H. The zero-order valence-electron chi connectivity index (χ0n) is 40.7. The van der Waals surface area contributed by atoms with E-state index in [-0.39, 0.29) is 0 Å². The molecule has 0 aromatic heterocycles. The molecule has 2 spiro atoms. The number of fused-ring (bicyclic) bond motifs is 19. The molecule has 2 heterocycles. The van der Waals surface area contributed by atoms with E-state index in [0.29, 0.717) is 0 Å². The fourth-order valence-corrected chi connectivity index (χ4v) is 14.7. The lowest BCUT2D eigenvalue weighted by Gasteiger charge is -2.40. The van der Waals surface area contributed by atoms with Crippen LogP contribution in [-0.2, 0) is 10.8 Å². The normalized spacial score (nSPS) is 15.4. The molecule has 75 heavy (non-hydrogen) atoms. The Morgan fingerprint density at radius 3 is 1.49 bits per heavy atom. The van der Waals surface area contributed by atoms with Crippen molar-refractivity contribution < 1.29 is 4.74 Å². The molecule has 4 aliphatic rings. The van der Waals surface area contributed by atoms with Gasteiger partial charge >= 0.3 is 0 Å². The Hall–Kier alpha value is -9.15. The first-order valence-electron chi connectivity index (χ1n) is 25.9. The van der Waals surface area contributed by atoms with Crippen molar-refractivity contribution in [2.75, 3.05) is 4.90 Å². The van der Waals surface area contributed by atoms with Gasteiger partial charge in [0.1, 0.15) is 11.5 Å². The Balaban J connectivity index is 0.937. The van der Waals surface area contributed by atoms with E-state index >= 15 is 0 Å². The van der Waals surface area contributed by atoms with E-state index in [1.165, 1.54) is 98.5 Å². The Morgan fingerprint density at radius 1 is 0.293 bits per heavy atom. The van der Waals surface area contributed by atoms with Crippen molar-refractivity contribution in [3.05, 3.63) is 317 Å². The number of para-hydroxylation sites is 2. The number of ether oxygens (including phenoxy) is 1. The average molecular weight is 972 g/mol. The van der Waals surface area contributed by atoms with Gasteiger partial charge in [0, 0.05) is 37.9 Å². The minimum absolute atomic E-state index is 0.517. The van der Waals surface area contributed by atoms with Crippen LogP contribution in [0, 0.1) is 0 Å². The summed E-state index contributed by atoms with van der Waals surface area (Å²) in [5.74, 6) is 1.77. The largest absolute Gasteiger partial charge is 0.457 e. The van der Waals surface area contributed by atoms with Crippen LogP contribution in [0.25, 0.3) is 55.3 Å². The molecule has 3 heteroatoms. The number of hydrogen-bond donors (Lipinski definition) is 0. The van der Waals surface area contributed by atoms with Crippen LogP contribution in [0.2, 0.25) is 0 Å². The molecule has 1 unspecified atom stereocenters. The van der Waals surface area contributed by atoms with Crippen molar-refractivity contribution in [1.82, 2.24) is 0 Å². The fourth-order valence-electron chi connectivity index (χ4n) is 13.5. The van der Waals surface area contributed by atoms with Crippen LogP contribution in [0.3, 0.4) is 0 Å². The smallest absolute Gasteiger partial charge is 0.132 e. The van der Waals surface area contributed by atoms with E-state index in [1.807, 2.05) is 11.8 Å². The maximum Gasteiger partial charge on any atom is 0.132 e. The lowest BCUT2D eigenvalue weighted by molar-refractivity contribution is 0.436. The van der Waals surface area contributed by atoms with E-state index in [0.717, 1.165) is 39.7 Å². The molecule has 12 aromatic carbocycles. The molecule has 350 valence electrons. The molecular formula is C72H45NOS. The highest BCUT2D eigenvalue weighted by Gasteiger charge is 2.53. The number of benzene rings is 12. The highest BCUT2D eigenvalue weighted by Crippen LogP contribution is 2.66. The van der Waals surface area contributed by atoms with E-state index in [2.05, 4.69) is 278 Å². The highest BCUT2D eigenvalue weighted by atomic mass is 32.2. The minimum Gasteiger partial charge on any atom is -0.457 e. The molecule has 0 amide bonds. The van der Waals surface area contributed by atoms with Crippen molar-refractivity contribution >= 4 is 39.6 Å². The third-order valence-electron chi connectivity index (χ3n) is 16.6. The lowest BCUT2D eigenvalue weighted by atomic mass is 9.66. The average Bonchev–Trinajstić information content (AvgIpc) is 4.15. The molecule has 2 aliphatic heterocycles. The van der Waals surface area contributed by atoms with Gasteiger partial charge in [-0.3, -0.25) is 0 Å². The number of anilines is 3. The van der Waals surface area contributed by atoms with Gasteiger partial charge in [0.2, 0.25) is 0 Å². The second kappa shape index (κ2) is 16.2. The summed E-state index contributed by atoms with van der Waals surface area (Å²) in [7, 11) is 0. The van der Waals surface area contributed by atoms with Crippen molar-refractivity contribution in [3.63, 3.8) is 0 Å². The third kappa shape index (κ3) is 5.93. The van der Waals surface area contributed by atoms with Gasteiger partial charge in [0.05, 0.1) is 16.5 Å². The quantitative estimate of drug-likeness (QED) is 0.171. The second-order valence-electron chi connectivity index (χ2n) is 20.2. The first-order valence-corrected chi connectivity index (χ1v) is 26.7. The Morgan fingerprint density at radius 2 is 0.787 bits per heavy atom. The molecule has 2 nitrogen and oxygen atoms in total. The van der Waals surface area contributed by atoms with E-state index in [9.17, 15) is 0 Å². The molecule has 0 bridgehead atoms. The minimum atomic E-state index is -0.609. The molecule has 0 N–H and O–H groups in total. The number of nitrogens with zero attached hydrogens (tertiary/aromatic N) is 1. The van der Waals surface area contributed by atoms with Gasteiger partial charge in [-0.2, -0.15) is 0 Å². The van der Waals surface area contributed by atoms with Crippen molar-refractivity contribution in [2.45, 2.75) is 20.6 Å². The first-order chi connectivity index (χ1) is 37.2. The summed E-state index contributed by atoms with van der Waals surface area (Å²) >= 11 is 1.90. The summed E-state index contributed by atoms with van der Waals surface area (Å²) in [5, 5.41) is 2.52. The van der Waals surface area contributed by atoms with Crippen LogP contribution >= 0.6 is 11.8 Å². The van der Waals surface area contributed by atoms with Gasteiger partial charge in [-0.15, -0.1) is 0 Å². The molecule has 0 fully saturated rings. The molecule has 2 aliphatic carbocycles. The third-order valence-corrected chi connectivity index (χ3v) is 17.7. The molecule has 12 aromatic rings. The summed E-state index contributed by atoms with van der Waals surface area (Å²) in [5.41, 5.74) is 22.0. The topological polar surface area (TPSA) is 12.5 Å². The Bertz CT molecular complexity index is 4260. The monoisotopic (exact) mass is 971 g/mol. The van der Waals surface area contributed by atoms with Gasteiger partial charge in [-0.05, 0) is 144 Å². The van der Waals surface area contributed by atoms with Crippen LogP contribution in [0.4, 0.5) is 17.1 Å². The molecule has 0 saturated carbocycles. The SMILES string of the molecule is c1ccc(-c2ccc(-c3ccc(N(c4ccc5c(c4)-c4ccccc4C54c5ccccc5Sc5cc6ccccc6cc54)c4cccc5c4-c4ccccc4C54c5ccccc5Oc5ccccc54)cc3)cc2)cc1. The van der Waals surface area contributed by atoms with Crippen molar-refractivity contribution in [2.24, 2.45) is 0 Å². The van der Waals surface area contributed by atoms with Gasteiger partial charge < -0.3 is 9.64 Å². The zero-order chi connectivity index (χ0) is 49.2. The van der Waals surface area contributed by atoms with E-state index in [4.69, 9.17) is 4.74 Å². The maximum atomic E-state index is 6.76.